The van der Waals surface area contributed by atoms with E-state index in [1.54, 1.807) is 17.9 Å². The number of esters is 1. The lowest BCUT2D eigenvalue weighted by Crippen LogP contribution is -2.36. The Morgan fingerprint density at radius 1 is 1.28 bits per heavy atom. The minimum Gasteiger partial charge on any atom is -0.469 e. The monoisotopic (exact) mass is 370 g/mol. The fraction of sp³-hybridized carbons (Fsp3) is 0.529. The third-order valence-electron chi connectivity index (χ3n) is 3.41. The SMILES string of the molecule is CCNS(=O)(=O)c1cccc(C(=O)N(CCC(=O)OC)CC(C)C)c1. The summed E-state index contributed by atoms with van der Waals surface area (Å²) in [7, 11) is -2.34. The Kier molecular flexibility index (Phi) is 8.05. The maximum Gasteiger partial charge on any atom is 0.307 e. The van der Waals surface area contributed by atoms with Crippen molar-refractivity contribution in [3.05, 3.63) is 29.8 Å². The number of carbonyl (C=O) groups is 2. The smallest absolute Gasteiger partial charge is 0.307 e. The van der Waals surface area contributed by atoms with Gasteiger partial charge in [-0.25, -0.2) is 13.1 Å². The van der Waals surface area contributed by atoms with Gasteiger partial charge in [0.05, 0.1) is 18.4 Å². The van der Waals surface area contributed by atoms with Crippen LogP contribution in [0, 0.1) is 5.92 Å². The van der Waals surface area contributed by atoms with Crippen molar-refractivity contribution in [2.45, 2.75) is 32.1 Å². The van der Waals surface area contributed by atoms with Crippen molar-refractivity contribution in [1.82, 2.24) is 9.62 Å². The summed E-state index contributed by atoms with van der Waals surface area (Å²) in [5.74, 6) is -0.508. The molecular weight excluding hydrogens is 344 g/mol. The molecule has 0 heterocycles. The Labute approximate surface area is 149 Å². The van der Waals surface area contributed by atoms with E-state index in [1.165, 1.54) is 25.3 Å². The van der Waals surface area contributed by atoms with Gasteiger partial charge in [0.1, 0.15) is 0 Å². The number of nitrogens with zero attached hydrogens (tertiary/aromatic N) is 1. The average molecular weight is 370 g/mol. The van der Waals surface area contributed by atoms with Crippen LogP contribution in [-0.2, 0) is 19.6 Å². The first-order chi connectivity index (χ1) is 11.7. The van der Waals surface area contributed by atoms with Gasteiger partial charge in [-0.3, -0.25) is 9.59 Å². The third-order valence-corrected chi connectivity index (χ3v) is 4.96. The molecule has 25 heavy (non-hydrogen) atoms. The van der Waals surface area contributed by atoms with Crippen LogP contribution in [-0.4, -0.2) is 51.9 Å². The van der Waals surface area contributed by atoms with Crippen LogP contribution >= 0.6 is 0 Å². The zero-order chi connectivity index (χ0) is 19.0. The number of hydrogen-bond donors (Lipinski definition) is 1. The van der Waals surface area contributed by atoms with Crippen LogP contribution in [0.4, 0.5) is 0 Å². The number of hydrogen-bond acceptors (Lipinski definition) is 5. The van der Waals surface area contributed by atoms with E-state index < -0.39 is 16.0 Å². The second kappa shape index (κ2) is 9.53. The molecule has 0 fully saturated rings. The minimum atomic E-state index is -3.64. The first-order valence-corrected chi connectivity index (χ1v) is 9.65. The van der Waals surface area contributed by atoms with Gasteiger partial charge < -0.3 is 9.64 Å². The molecule has 0 saturated carbocycles. The Balaban J connectivity index is 3.05. The van der Waals surface area contributed by atoms with Gasteiger partial charge in [-0.1, -0.05) is 26.8 Å². The number of amides is 1. The van der Waals surface area contributed by atoms with E-state index in [4.69, 9.17) is 0 Å². The van der Waals surface area contributed by atoms with Crippen molar-refractivity contribution in [2.75, 3.05) is 26.7 Å². The largest absolute Gasteiger partial charge is 0.469 e. The molecule has 0 aliphatic carbocycles. The standard InChI is InChI=1S/C17H26N2O5S/c1-5-18-25(22,23)15-8-6-7-14(11-15)17(21)19(12-13(2)3)10-9-16(20)24-4/h6-8,11,13,18H,5,9-10,12H2,1-4H3. The zero-order valence-corrected chi connectivity index (χ0v) is 15.9. The molecule has 1 aromatic rings. The number of benzene rings is 1. The summed E-state index contributed by atoms with van der Waals surface area (Å²) in [6.45, 7) is 6.55. The number of nitrogens with one attached hydrogen (secondary N) is 1. The number of carbonyl (C=O) groups excluding carboxylic acids is 2. The average Bonchev–Trinajstić information content (AvgIpc) is 2.57. The number of methoxy groups -OCH3 is 1. The predicted molar refractivity (Wildman–Crippen MR) is 94.7 cm³/mol. The summed E-state index contributed by atoms with van der Waals surface area (Å²) in [5, 5.41) is 0. The highest BCUT2D eigenvalue weighted by Crippen LogP contribution is 2.14. The summed E-state index contributed by atoms with van der Waals surface area (Å²) in [4.78, 5) is 25.7. The fourth-order valence-electron chi connectivity index (χ4n) is 2.30. The maximum atomic E-state index is 12.8. The molecule has 1 amide bonds. The van der Waals surface area contributed by atoms with Crippen LogP contribution in [0.15, 0.2) is 29.2 Å². The highest BCUT2D eigenvalue weighted by molar-refractivity contribution is 7.89. The van der Waals surface area contributed by atoms with Crippen molar-refractivity contribution in [3.8, 4) is 0 Å². The van der Waals surface area contributed by atoms with Crippen LogP contribution in [0.25, 0.3) is 0 Å². The highest BCUT2D eigenvalue weighted by atomic mass is 32.2. The number of ether oxygens (including phenoxy) is 1. The lowest BCUT2D eigenvalue weighted by molar-refractivity contribution is -0.140. The Morgan fingerprint density at radius 2 is 1.96 bits per heavy atom. The Hall–Kier alpha value is -1.93. The maximum absolute atomic E-state index is 12.8. The molecule has 0 spiro atoms. The van der Waals surface area contributed by atoms with E-state index >= 15 is 0 Å². The van der Waals surface area contributed by atoms with Crippen LogP contribution < -0.4 is 4.72 Å². The van der Waals surface area contributed by atoms with Crippen LogP contribution in [0.3, 0.4) is 0 Å². The molecule has 0 saturated heterocycles. The number of sulfonamides is 1. The summed E-state index contributed by atoms with van der Waals surface area (Å²) in [6.07, 6.45) is 0.0876. The molecule has 1 rings (SSSR count). The van der Waals surface area contributed by atoms with Gasteiger partial charge in [-0.2, -0.15) is 0 Å². The molecule has 7 nitrogen and oxygen atoms in total. The molecule has 0 atom stereocenters. The second-order valence-electron chi connectivity index (χ2n) is 6.00. The summed E-state index contributed by atoms with van der Waals surface area (Å²) < 4.78 is 31.2. The highest BCUT2D eigenvalue weighted by Gasteiger charge is 2.20. The zero-order valence-electron chi connectivity index (χ0n) is 15.1. The van der Waals surface area contributed by atoms with Crippen LogP contribution in [0.1, 0.15) is 37.6 Å². The number of rotatable bonds is 9. The molecule has 0 bridgehead atoms. The molecular formula is C17H26N2O5S. The van der Waals surface area contributed by atoms with Gasteiger partial charge in [0.15, 0.2) is 0 Å². The van der Waals surface area contributed by atoms with Gasteiger partial charge in [0.2, 0.25) is 10.0 Å². The molecule has 140 valence electrons. The van der Waals surface area contributed by atoms with Crippen LogP contribution in [0.5, 0.6) is 0 Å². The lowest BCUT2D eigenvalue weighted by atomic mass is 10.1. The molecule has 0 aliphatic rings. The van der Waals surface area contributed by atoms with E-state index in [0.717, 1.165) is 0 Å². The van der Waals surface area contributed by atoms with E-state index in [-0.39, 0.29) is 41.8 Å². The Morgan fingerprint density at radius 3 is 2.52 bits per heavy atom. The molecule has 1 N–H and O–H groups in total. The fourth-order valence-corrected chi connectivity index (χ4v) is 3.38. The summed E-state index contributed by atoms with van der Waals surface area (Å²) >= 11 is 0. The van der Waals surface area contributed by atoms with Crippen molar-refractivity contribution < 1.29 is 22.7 Å². The molecule has 1 aromatic carbocycles. The van der Waals surface area contributed by atoms with E-state index in [9.17, 15) is 18.0 Å². The van der Waals surface area contributed by atoms with Crippen molar-refractivity contribution in [3.63, 3.8) is 0 Å². The van der Waals surface area contributed by atoms with Gasteiger partial charge in [-0.15, -0.1) is 0 Å². The Bertz CT molecular complexity index is 701. The van der Waals surface area contributed by atoms with Crippen molar-refractivity contribution in [1.29, 1.82) is 0 Å². The summed E-state index contributed by atoms with van der Waals surface area (Å²) in [6, 6.07) is 5.89. The quantitative estimate of drug-likeness (QED) is 0.667. The lowest BCUT2D eigenvalue weighted by Gasteiger charge is -2.24. The van der Waals surface area contributed by atoms with E-state index in [1.807, 2.05) is 13.8 Å². The molecule has 0 radical (unpaired) electrons. The molecule has 0 aliphatic heterocycles. The van der Waals surface area contributed by atoms with E-state index in [0.29, 0.717) is 6.54 Å². The summed E-state index contributed by atoms with van der Waals surface area (Å²) in [5.41, 5.74) is 0.268. The minimum absolute atomic E-state index is 0.0395. The molecule has 0 aromatic heterocycles. The van der Waals surface area contributed by atoms with E-state index in [2.05, 4.69) is 9.46 Å². The second-order valence-corrected chi connectivity index (χ2v) is 7.77. The van der Waals surface area contributed by atoms with Crippen molar-refractivity contribution in [2.24, 2.45) is 5.92 Å². The first kappa shape index (κ1) is 21.1. The molecule has 8 heteroatoms. The van der Waals surface area contributed by atoms with Gasteiger partial charge in [0, 0.05) is 25.2 Å². The van der Waals surface area contributed by atoms with Gasteiger partial charge in [-0.05, 0) is 24.1 Å². The molecule has 0 unspecified atom stereocenters. The van der Waals surface area contributed by atoms with Crippen molar-refractivity contribution >= 4 is 21.9 Å². The predicted octanol–water partition coefficient (Wildman–Crippen LogP) is 1.65. The van der Waals surface area contributed by atoms with Crippen LogP contribution in [0.2, 0.25) is 0 Å². The van der Waals surface area contributed by atoms with Gasteiger partial charge >= 0.3 is 5.97 Å². The normalized spacial score (nSPS) is 11.4. The topological polar surface area (TPSA) is 92.8 Å². The third kappa shape index (κ3) is 6.47. The first-order valence-electron chi connectivity index (χ1n) is 8.17. The van der Waals surface area contributed by atoms with Gasteiger partial charge in [0.25, 0.3) is 5.91 Å².